The number of carbonyl (C=O) groups is 2. The Bertz CT molecular complexity index is 1140. The van der Waals surface area contributed by atoms with Gasteiger partial charge in [-0.15, -0.1) is 0 Å². The fraction of sp³-hybridized carbons (Fsp3) is 0.269. The topological polar surface area (TPSA) is 49.4 Å². The third kappa shape index (κ3) is 8.07. The summed E-state index contributed by atoms with van der Waals surface area (Å²) in [5.74, 6) is -0.471. The van der Waals surface area contributed by atoms with Crippen molar-refractivity contribution in [3.63, 3.8) is 0 Å². The maximum atomic E-state index is 12.8. The maximum Gasteiger partial charge on any atom is 0.416 e. The Morgan fingerprint density at radius 1 is 1.09 bits per heavy atom. The Kier molecular flexibility index (Phi) is 9.28. The summed E-state index contributed by atoms with van der Waals surface area (Å²) in [5, 5.41) is 2.50. The minimum Gasteiger partial charge on any atom is -0.326 e. The van der Waals surface area contributed by atoms with E-state index in [1.165, 1.54) is 23.9 Å². The van der Waals surface area contributed by atoms with Crippen molar-refractivity contribution in [2.75, 3.05) is 11.9 Å². The summed E-state index contributed by atoms with van der Waals surface area (Å²) in [6.07, 6.45) is 1.45. The van der Waals surface area contributed by atoms with Crippen LogP contribution < -0.4 is 5.32 Å². The predicted octanol–water partition coefficient (Wildman–Crippen LogP) is 7.05. The average Bonchev–Trinajstić information content (AvgIpc) is 3.06. The molecule has 0 spiro atoms. The minimum absolute atomic E-state index is 0.116. The summed E-state index contributed by atoms with van der Waals surface area (Å²) in [6.45, 7) is 2.39. The summed E-state index contributed by atoms with van der Waals surface area (Å²) in [7, 11) is 0. The zero-order valence-electron chi connectivity index (χ0n) is 19.1. The van der Waals surface area contributed by atoms with Gasteiger partial charge in [-0.25, -0.2) is 0 Å². The maximum absolute atomic E-state index is 12.8. The molecular formula is C26H25F3N2O2S2. The van der Waals surface area contributed by atoms with Crippen LogP contribution in [0.25, 0.3) is 6.08 Å². The molecule has 35 heavy (non-hydrogen) atoms. The van der Waals surface area contributed by atoms with Gasteiger partial charge in [0.05, 0.1) is 10.5 Å². The van der Waals surface area contributed by atoms with Gasteiger partial charge in [-0.3, -0.25) is 14.5 Å². The average molecular weight is 519 g/mol. The van der Waals surface area contributed by atoms with E-state index in [1.807, 2.05) is 49.4 Å². The minimum atomic E-state index is -4.46. The van der Waals surface area contributed by atoms with Crippen LogP contribution in [0.1, 0.15) is 43.7 Å². The molecule has 0 saturated carbocycles. The molecule has 1 N–H and O–H groups in total. The molecule has 0 bridgehead atoms. The first-order chi connectivity index (χ1) is 16.6. The van der Waals surface area contributed by atoms with Gasteiger partial charge in [-0.2, -0.15) is 13.2 Å². The van der Waals surface area contributed by atoms with Gasteiger partial charge in [-0.1, -0.05) is 72.9 Å². The van der Waals surface area contributed by atoms with E-state index in [2.05, 4.69) is 5.32 Å². The van der Waals surface area contributed by atoms with Crippen LogP contribution in [0.5, 0.6) is 0 Å². The fourth-order valence-corrected chi connectivity index (χ4v) is 4.84. The number of thiocarbonyl (C=S) groups is 1. The predicted molar refractivity (Wildman–Crippen MR) is 139 cm³/mol. The Hall–Kier alpha value is -2.91. The number of nitrogens with zero attached hydrogens (tertiary/aromatic N) is 1. The number of thioether (sulfide) groups is 1. The molecule has 184 valence electrons. The van der Waals surface area contributed by atoms with Gasteiger partial charge in [-0.05, 0) is 55.2 Å². The van der Waals surface area contributed by atoms with Crippen molar-refractivity contribution < 1.29 is 22.8 Å². The number of hydrogen-bond donors (Lipinski definition) is 1. The van der Waals surface area contributed by atoms with Crippen LogP contribution in [-0.4, -0.2) is 27.6 Å². The van der Waals surface area contributed by atoms with Crippen molar-refractivity contribution >= 4 is 51.9 Å². The highest BCUT2D eigenvalue weighted by molar-refractivity contribution is 8.26. The molecule has 0 atom stereocenters. The number of carbonyl (C=O) groups excluding carboxylic acids is 2. The molecule has 9 heteroatoms. The standard InChI is InChI=1S/C26H25F3N2O2S2/c1-18(15-19-9-4-2-5-10-19)16-22-24(33)31(25(34)35-22)14-7-3-6-13-23(32)30-21-12-8-11-20(17-21)26(27,28)29/h2,4-5,8-12,15-17H,3,6-7,13-14H2,1H3,(H,30,32)/b18-15+,22-16-. The lowest BCUT2D eigenvalue weighted by Gasteiger charge is -2.14. The van der Waals surface area contributed by atoms with Crippen molar-refractivity contribution in [3.8, 4) is 0 Å². The van der Waals surface area contributed by atoms with E-state index in [-0.39, 0.29) is 23.9 Å². The van der Waals surface area contributed by atoms with Crippen LogP contribution in [0.2, 0.25) is 0 Å². The number of anilines is 1. The van der Waals surface area contributed by atoms with E-state index in [0.717, 1.165) is 23.3 Å². The number of alkyl halides is 3. The number of rotatable bonds is 9. The number of benzene rings is 2. The van der Waals surface area contributed by atoms with Crippen molar-refractivity contribution in [1.82, 2.24) is 4.90 Å². The second-order valence-electron chi connectivity index (χ2n) is 8.07. The number of halogens is 3. The molecule has 1 fully saturated rings. The third-order valence-electron chi connectivity index (χ3n) is 5.19. The van der Waals surface area contributed by atoms with E-state index >= 15 is 0 Å². The van der Waals surface area contributed by atoms with Crippen LogP contribution in [0, 0.1) is 0 Å². The van der Waals surface area contributed by atoms with Gasteiger partial charge in [0.15, 0.2) is 0 Å². The summed E-state index contributed by atoms with van der Waals surface area (Å²) >= 11 is 6.65. The normalized spacial score (nSPS) is 15.7. The Balaban J connectivity index is 1.43. The number of allylic oxidation sites excluding steroid dienone is 2. The van der Waals surface area contributed by atoms with Gasteiger partial charge in [0.25, 0.3) is 5.91 Å². The van der Waals surface area contributed by atoms with Gasteiger partial charge in [0.1, 0.15) is 4.32 Å². The molecule has 0 aliphatic carbocycles. The lowest BCUT2D eigenvalue weighted by Crippen LogP contribution is -2.29. The van der Waals surface area contributed by atoms with Gasteiger partial charge < -0.3 is 5.32 Å². The first-order valence-electron chi connectivity index (χ1n) is 11.1. The van der Waals surface area contributed by atoms with Crippen molar-refractivity contribution in [2.45, 2.75) is 38.8 Å². The van der Waals surface area contributed by atoms with Crippen LogP contribution in [-0.2, 0) is 15.8 Å². The van der Waals surface area contributed by atoms with E-state index in [1.54, 1.807) is 4.90 Å². The molecule has 1 aliphatic rings. The van der Waals surface area contributed by atoms with E-state index in [9.17, 15) is 22.8 Å². The van der Waals surface area contributed by atoms with Crippen molar-refractivity contribution in [1.29, 1.82) is 0 Å². The molecule has 3 rings (SSSR count). The van der Waals surface area contributed by atoms with Crippen LogP contribution in [0.3, 0.4) is 0 Å². The monoisotopic (exact) mass is 518 g/mol. The molecule has 2 aromatic rings. The largest absolute Gasteiger partial charge is 0.416 e. The third-order valence-corrected chi connectivity index (χ3v) is 6.56. The van der Waals surface area contributed by atoms with Gasteiger partial charge in [0, 0.05) is 18.7 Å². The molecule has 0 radical (unpaired) electrons. The molecule has 0 aromatic heterocycles. The van der Waals surface area contributed by atoms with Crippen molar-refractivity contribution in [3.05, 3.63) is 82.3 Å². The van der Waals surface area contributed by atoms with Crippen molar-refractivity contribution in [2.24, 2.45) is 0 Å². The van der Waals surface area contributed by atoms with Gasteiger partial charge in [0.2, 0.25) is 5.91 Å². The number of amides is 2. The summed E-state index contributed by atoms with van der Waals surface area (Å²) in [5.41, 5.74) is 1.31. The summed E-state index contributed by atoms with van der Waals surface area (Å²) < 4.78 is 38.9. The SMILES string of the molecule is CC(/C=C1\SC(=S)N(CCCCCC(=O)Nc2cccc(C(F)(F)F)c2)C1=O)=C\c1ccccc1. The number of nitrogens with one attached hydrogen (secondary N) is 1. The Morgan fingerprint density at radius 2 is 1.83 bits per heavy atom. The fourth-order valence-electron chi connectivity index (χ4n) is 3.48. The lowest BCUT2D eigenvalue weighted by molar-refractivity contribution is -0.137. The van der Waals surface area contributed by atoms with E-state index < -0.39 is 11.7 Å². The molecule has 0 unspecified atom stereocenters. The van der Waals surface area contributed by atoms with Crippen LogP contribution >= 0.6 is 24.0 Å². The first-order valence-corrected chi connectivity index (χ1v) is 12.3. The smallest absolute Gasteiger partial charge is 0.326 e. The molecule has 1 heterocycles. The highest BCUT2D eigenvalue weighted by Crippen LogP contribution is 2.33. The van der Waals surface area contributed by atoms with E-state index in [0.29, 0.717) is 35.0 Å². The molecule has 2 amide bonds. The molecule has 1 saturated heterocycles. The zero-order valence-corrected chi connectivity index (χ0v) is 20.7. The summed E-state index contributed by atoms with van der Waals surface area (Å²) in [4.78, 5) is 27.0. The van der Waals surface area contributed by atoms with E-state index in [4.69, 9.17) is 12.2 Å². The molecule has 2 aromatic carbocycles. The highest BCUT2D eigenvalue weighted by atomic mass is 32.2. The van der Waals surface area contributed by atoms with Gasteiger partial charge >= 0.3 is 6.18 Å². The molecular weight excluding hydrogens is 493 g/mol. The van der Waals surface area contributed by atoms with Crippen LogP contribution in [0.15, 0.2) is 71.2 Å². The second-order valence-corrected chi connectivity index (χ2v) is 9.75. The quantitative estimate of drug-likeness (QED) is 0.220. The molecule has 4 nitrogen and oxygen atoms in total. The first kappa shape index (κ1) is 26.7. The zero-order chi connectivity index (χ0) is 25.4. The molecule has 1 aliphatic heterocycles. The lowest BCUT2D eigenvalue weighted by atomic mass is 10.1. The Labute approximate surface area is 212 Å². The number of hydrogen-bond acceptors (Lipinski definition) is 4. The Morgan fingerprint density at radius 3 is 2.54 bits per heavy atom. The second kappa shape index (κ2) is 12.2. The van der Waals surface area contributed by atoms with Crippen LogP contribution in [0.4, 0.5) is 18.9 Å². The number of unbranched alkanes of at least 4 members (excludes halogenated alkanes) is 2. The summed E-state index contributed by atoms with van der Waals surface area (Å²) in [6, 6.07) is 14.4. The highest BCUT2D eigenvalue weighted by Gasteiger charge is 2.32.